The third-order valence-corrected chi connectivity index (χ3v) is 10.7. The normalized spacial score (nSPS) is 18.3. The fraction of sp³-hybridized carbons (Fsp3) is 0.361. The molecule has 1 amide bonds. The summed E-state index contributed by atoms with van der Waals surface area (Å²) in [4.78, 5) is 16.4. The van der Waals surface area contributed by atoms with E-state index in [0.717, 1.165) is 42.1 Å². The fourth-order valence-electron chi connectivity index (χ4n) is 6.69. The van der Waals surface area contributed by atoms with E-state index in [1.54, 1.807) is 12.1 Å². The zero-order valence-corrected chi connectivity index (χ0v) is 25.0. The molecule has 2 aliphatic rings. The van der Waals surface area contributed by atoms with Crippen molar-refractivity contribution in [1.29, 1.82) is 0 Å². The molecule has 1 aliphatic carbocycles. The molecule has 2 atom stereocenters. The van der Waals surface area contributed by atoms with Gasteiger partial charge in [0.15, 0.2) is 9.84 Å². The summed E-state index contributed by atoms with van der Waals surface area (Å²) in [5.41, 5.74) is 4.76. The first kappa shape index (κ1) is 28.6. The van der Waals surface area contributed by atoms with E-state index in [-0.39, 0.29) is 24.1 Å². The molecular formula is C36H40N2O3S. The number of fused-ring (bicyclic) bond motifs is 2. The van der Waals surface area contributed by atoms with Crippen LogP contribution in [0.3, 0.4) is 0 Å². The zero-order chi connectivity index (χ0) is 28.9. The highest BCUT2D eigenvalue weighted by Crippen LogP contribution is 2.32. The van der Waals surface area contributed by atoms with E-state index in [1.165, 1.54) is 49.0 Å². The summed E-state index contributed by atoms with van der Waals surface area (Å²) in [5, 5.41) is 5.17. The third kappa shape index (κ3) is 6.77. The van der Waals surface area contributed by atoms with Gasteiger partial charge in [0.05, 0.1) is 16.7 Å². The molecule has 42 heavy (non-hydrogen) atoms. The average Bonchev–Trinajstić information content (AvgIpc) is 3.01. The maximum Gasteiger partial charge on any atom is 0.221 e. The van der Waals surface area contributed by atoms with Crippen molar-refractivity contribution in [3.8, 4) is 0 Å². The van der Waals surface area contributed by atoms with Crippen LogP contribution in [0.25, 0.3) is 10.8 Å². The van der Waals surface area contributed by atoms with E-state index in [4.69, 9.17) is 0 Å². The second-order valence-electron chi connectivity index (χ2n) is 12.0. The molecule has 6 heteroatoms. The van der Waals surface area contributed by atoms with Crippen molar-refractivity contribution in [2.24, 2.45) is 0 Å². The van der Waals surface area contributed by atoms with Crippen LogP contribution in [0.4, 0.5) is 0 Å². The summed E-state index contributed by atoms with van der Waals surface area (Å²) in [6, 6.07) is 29.3. The van der Waals surface area contributed by atoms with Gasteiger partial charge in [-0.1, -0.05) is 85.3 Å². The van der Waals surface area contributed by atoms with Crippen molar-refractivity contribution < 1.29 is 13.2 Å². The molecule has 6 rings (SSSR count). The Labute approximate surface area is 249 Å². The lowest BCUT2D eigenvalue weighted by molar-refractivity contribution is -0.122. The number of nitrogens with zero attached hydrogens (tertiary/aromatic N) is 1. The Bertz CT molecular complexity index is 1650. The van der Waals surface area contributed by atoms with Gasteiger partial charge in [-0.3, -0.25) is 9.69 Å². The van der Waals surface area contributed by atoms with E-state index >= 15 is 0 Å². The maximum atomic E-state index is 13.6. The summed E-state index contributed by atoms with van der Waals surface area (Å²) >= 11 is 0. The predicted molar refractivity (Wildman–Crippen MR) is 169 cm³/mol. The van der Waals surface area contributed by atoms with Crippen molar-refractivity contribution in [2.45, 2.75) is 68.3 Å². The van der Waals surface area contributed by atoms with Gasteiger partial charge >= 0.3 is 0 Å². The molecule has 1 fully saturated rings. The number of carbonyl (C=O) groups excluding carboxylic acids is 1. The smallest absolute Gasteiger partial charge is 0.221 e. The van der Waals surface area contributed by atoms with Crippen LogP contribution in [-0.2, 0) is 27.6 Å². The topological polar surface area (TPSA) is 66.5 Å². The van der Waals surface area contributed by atoms with Gasteiger partial charge in [-0.05, 0) is 90.4 Å². The van der Waals surface area contributed by atoms with Crippen LogP contribution in [0.5, 0.6) is 0 Å². The summed E-state index contributed by atoms with van der Waals surface area (Å²) in [7, 11) is -3.63. The second kappa shape index (κ2) is 12.8. The van der Waals surface area contributed by atoms with Gasteiger partial charge in [-0.25, -0.2) is 8.42 Å². The van der Waals surface area contributed by atoms with Crippen molar-refractivity contribution in [3.63, 3.8) is 0 Å². The Hall–Kier alpha value is -3.48. The van der Waals surface area contributed by atoms with Crippen LogP contribution >= 0.6 is 0 Å². The standard InChI is InChI=1S/C36H40N2O3S/c39-36(37-35-15-9-14-31-22-27(16-19-34(31)35)25-38-20-7-2-8-21-38)24-32(28-10-3-1-4-11-28)26-42(40,41)33-18-17-29-12-5-6-13-30(29)23-33/h1,3-6,10-13,16-19,22-23,32,35H,2,7-9,14-15,20-21,24-26H2,(H,37,39)/t32-,35-/m1/s1. The molecule has 0 bridgehead atoms. The van der Waals surface area contributed by atoms with E-state index in [2.05, 4.69) is 28.4 Å². The molecule has 0 unspecified atom stereocenters. The number of hydrogen-bond donors (Lipinski definition) is 1. The lowest BCUT2D eigenvalue weighted by Gasteiger charge is -2.29. The monoisotopic (exact) mass is 580 g/mol. The zero-order valence-electron chi connectivity index (χ0n) is 24.2. The van der Waals surface area contributed by atoms with Crippen molar-refractivity contribution in [2.75, 3.05) is 18.8 Å². The number of hydrogen-bond acceptors (Lipinski definition) is 4. The molecule has 0 radical (unpaired) electrons. The van der Waals surface area contributed by atoms with Gasteiger partial charge in [0.2, 0.25) is 5.91 Å². The number of likely N-dealkylation sites (tertiary alicyclic amines) is 1. The Morgan fingerprint density at radius 2 is 1.60 bits per heavy atom. The first-order chi connectivity index (χ1) is 20.4. The van der Waals surface area contributed by atoms with Gasteiger partial charge in [0.25, 0.3) is 0 Å². The highest BCUT2D eigenvalue weighted by Gasteiger charge is 2.28. The highest BCUT2D eigenvalue weighted by atomic mass is 32.2. The Morgan fingerprint density at radius 1 is 0.833 bits per heavy atom. The van der Waals surface area contributed by atoms with Crippen LogP contribution in [0.1, 0.15) is 72.7 Å². The molecule has 1 heterocycles. The number of rotatable bonds is 9. The van der Waals surface area contributed by atoms with E-state index in [1.807, 2.05) is 60.7 Å². The van der Waals surface area contributed by atoms with Gasteiger partial charge < -0.3 is 5.32 Å². The lowest BCUT2D eigenvalue weighted by Crippen LogP contribution is -2.33. The molecule has 4 aromatic carbocycles. The van der Waals surface area contributed by atoms with Gasteiger partial charge in [0.1, 0.15) is 0 Å². The first-order valence-electron chi connectivity index (χ1n) is 15.3. The van der Waals surface area contributed by atoms with E-state index in [9.17, 15) is 13.2 Å². The summed E-state index contributed by atoms with van der Waals surface area (Å²) < 4.78 is 27.3. The molecular weight excluding hydrogens is 540 g/mol. The van der Waals surface area contributed by atoms with E-state index in [0.29, 0.717) is 4.90 Å². The Kier molecular flexibility index (Phi) is 8.73. The highest BCUT2D eigenvalue weighted by molar-refractivity contribution is 7.91. The van der Waals surface area contributed by atoms with Gasteiger partial charge in [0, 0.05) is 18.9 Å². The van der Waals surface area contributed by atoms with Crippen molar-refractivity contribution in [3.05, 3.63) is 113 Å². The van der Waals surface area contributed by atoms with Crippen LogP contribution < -0.4 is 5.32 Å². The number of carbonyl (C=O) groups is 1. The lowest BCUT2D eigenvalue weighted by atomic mass is 9.86. The number of nitrogens with one attached hydrogen (secondary N) is 1. The molecule has 1 aliphatic heterocycles. The molecule has 4 aromatic rings. The molecule has 1 saturated heterocycles. The number of sulfone groups is 1. The molecule has 1 N–H and O–H groups in total. The summed E-state index contributed by atoms with van der Waals surface area (Å²) in [6.45, 7) is 3.35. The molecule has 0 spiro atoms. The Balaban J connectivity index is 1.17. The first-order valence-corrected chi connectivity index (χ1v) is 17.0. The maximum absolute atomic E-state index is 13.6. The predicted octanol–water partition coefficient (Wildman–Crippen LogP) is 6.97. The number of amides is 1. The quantitative estimate of drug-likeness (QED) is 0.232. The average molecular weight is 581 g/mol. The fourth-order valence-corrected chi connectivity index (χ4v) is 8.30. The number of piperidine rings is 1. The van der Waals surface area contributed by atoms with Crippen LogP contribution in [0.2, 0.25) is 0 Å². The van der Waals surface area contributed by atoms with Crippen LogP contribution in [0, 0.1) is 0 Å². The SMILES string of the molecule is O=C(C[C@H](CS(=O)(=O)c1ccc2ccccc2c1)c1ccccc1)N[C@@H]1CCCc2cc(CN3CCCCC3)ccc21. The number of benzene rings is 4. The van der Waals surface area contributed by atoms with Crippen molar-refractivity contribution >= 4 is 26.5 Å². The molecule has 218 valence electrons. The van der Waals surface area contributed by atoms with Gasteiger partial charge in [-0.2, -0.15) is 0 Å². The summed E-state index contributed by atoms with van der Waals surface area (Å²) in [5.74, 6) is -0.672. The minimum absolute atomic E-state index is 0.0428. The summed E-state index contributed by atoms with van der Waals surface area (Å²) in [6.07, 6.45) is 6.99. The third-order valence-electron chi connectivity index (χ3n) is 8.92. The Morgan fingerprint density at radius 3 is 2.40 bits per heavy atom. The molecule has 5 nitrogen and oxygen atoms in total. The number of aryl methyl sites for hydroxylation is 1. The minimum Gasteiger partial charge on any atom is -0.349 e. The molecule has 0 aromatic heterocycles. The van der Waals surface area contributed by atoms with Crippen LogP contribution in [0.15, 0.2) is 95.9 Å². The molecule has 0 saturated carbocycles. The van der Waals surface area contributed by atoms with Crippen LogP contribution in [-0.4, -0.2) is 38.1 Å². The largest absolute Gasteiger partial charge is 0.349 e. The minimum atomic E-state index is -3.63. The van der Waals surface area contributed by atoms with Crippen molar-refractivity contribution in [1.82, 2.24) is 10.2 Å². The van der Waals surface area contributed by atoms with Gasteiger partial charge in [-0.15, -0.1) is 0 Å². The van der Waals surface area contributed by atoms with E-state index < -0.39 is 15.8 Å². The second-order valence-corrected chi connectivity index (χ2v) is 14.0.